The second-order valence-corrected chi connectivity index (χ2v) is 6.37. The Bertz CT molecular complexity index is 877. The van der Waals surface area contributed by atoms with Crippen LogP contribution in [0.4, 0.5) is 14.5 Å². The van der Waals surface area contributed by atoms with Crippen LogP contribution in [0.3, 0.4) is 0 Å². The molecule has 0 radical (unpaired) electrons. The van der Waals surface area contributed by atoms with Gasteiger partial charge in [-0.2, -0.15) is 0 Å². The third-order valence-electron chi connectivity index (χ3n) is 3.74. The zero-order chi connectivity index (χ0) is 21.0. The maximum Gasteiger partial charge on any atom is 0.240 e. The van der Waals surface area contributed by atoms with E-state index in [1.807, 2.05) is 13.8 Å². The van der Waals surface area contributed by atoms with Crippen LogP contribution in [0, 0.1) is 11.6 Å². The summed E-state index contributed by atoms with van der Waals surface area (Å²) in [4.78, 5) is 21.8. The topological polar surface area (TPSA) is 121 Å². The van der Waals surface area contributed by atoms with Crippen molar-refractivity contribution >= 4 is 23.4 Å². The summed E-state index contributed by atoms with van der Waals surface area (Å²) in [5, 5.41) is 5.75. The molecule has 2 rings (SSSR count). The fourth-order valence-electron chi connectivity index (χ4n) is 2.45. The molecule has 0 bridgehead atoms. The average molecular weight is 391 g/mol. The Morgan fingerprint density at radius 1 is 1.36 bits per heavy atom. The monoisotopic (exact) mass is 391 g/mol. The van der Waals surface area contributed by atoms with E-state index in [-0.39, 0.29) is 29.2 Å². The minimum absolute atomic E-state index is 0.0430. The lowest BCUT2D eigenvalue weighted by Gasteiger charge is -2.26. The normalized spacial score (nSPS) is 17.8. The fourth-order valence-corrected chi connectivity index (χ4v) is 2.45. The first-order valence-electron chi connectivity index (χ1n) is 8.49. The maximum absolute atomic E-state index is 14.1. The first-order valence-corrected chi connectivity index (χ1v) is 8.49. The molecule has 0 unspecified atom stereocenters. The van der Waals surface area contributed by atoms with Crippen LogP contribution in [-0.4, -0.2) is 34.7 Å². The molecule has 1 aliphatic heterocycles. The molecule has 0 spiro atoms. The van der Waals surface area contributed by atoms with Gasteiger partial charge in [0.05, 0.1) is 5.69 Å². The predicted molar refractivity (Wildman–Crippen MR) is 105 cm³/mol. The van der Waals surface area contributed by atoms with Gasteiger partial charge in [0.1, 0.15) is 29.2 Å². The second kappa shape index (κ2) is 8.51. The van der Waals surface area contributed by atoms with Crippen molar-refractivity contribution < 1.29 is 13.6 Å². The summed E-state index contributed by atoms with van der Waals surface area (Å²) < 4.78 is 27.2. The number of aliphatic imine (C=N–C) groups is 2. The van der Waals surface area contributed by atoms with Crippen molar-refractivity contribution in [2.75, 3.05) is 5.32 Å². The van der Waals surface area contributed by atoms with Gasteiger partial charge in [-0.15, -0.1) is 0 Å². The number of anilines is 1. The Labute approximate surface area is 161 Å². The van der Waals surface area contributed by atoms with Crippen LogP contribution in [-0.2, 0) is 4.79 Å². The highest BCUT2D eigenvalue weighted by Gasteiger charge is 2.35. The van der Waals surface area contributed by atoms with Gasteiger partial charge in [-0.05, 0) is 32.9 Å². The number of hydrogen-bond donors (Lipinski definition) is 4. The lowest BCUT2D eigenvalue weighted by atomic mass is 10.2. The molecular weight excluding hydrogens is 368 g/mol. The van der Waals surface area contributed by atoms with E-state index in [1.165, 1.54) is 24.1 Å². The maximum atomic E-state index is 14.1. The van der Waals surface area contributed by atoms with Gasteiger partial charge in [-0.1, -0.05) is 6.58 Å². The Balaban J connectivity index is 2.47. The zero-order valence-corrected chi connectivity index (χ0v) is 15.8. The highest BCUT2D eigenvalue weighted by molar-refractivity contribution is 6.19. The minimum Gasteiger partial charge on any atom is -0.403 e. The number of nitrogens with two attached hydrogens (primary N) is 2. The number of rotatable bonds is 6. The molecular formula is C18H23F2N7O. The number of halogens is 2. The van der Waals surface area contributed by atoms with Crippen LogP contribution < -0.4 is 22.1 Å². The van der Waals surface area contributed by atoms with Crippen molar-refractivity contribution in [3.05, 3.63) is 54.1 Å². The smallest absolute Gasteiger partial charge is 0.240 e. The van der Waals surface area contributed by atoms with Gasteiger partial charge in [0.25, 0.3) is 0 Å². The Kier molecular flexibility index (Phi) is 6.34. The largest absolute Gasteiger partial charge is 0.403 e. The van der Waals surface area contributed by atoms with Crippen LogP contribution in [0.15, 0.2) is 52.5 Å². The van der Waals surface area contributed by atoms with E-state index in [1.54, 1.807) is 0 Å². The van der Waals surface area contributed by atoms with Crippen molar-refractivity contribution in [2.24, 2.45) is 21.5 Å². The van der Waals surface area contributed by atoms with Crippen LogP contribution >= 0.6 is 0 Å². The molecule has 0 saturated carbocycles. The van der Waals surface area contributed by atoms with Crippen molar-refractivity contribution in [2.45, 2.75) is 32.9 Å². The molecule has 1 atom stereocenters. The second-order valence-electron chi connectivity index (χ2n) is 6.37. The third kappa shape index (κ3) is 4.64. The Hall–Kier alpha value is -3.43. The van der Waals surface area contributed by atoms with Crippen LogP contribution in [0.1, 0.15) is 20.8 Å². The zero-order valence-electron chi connectivity index (χ0n) is 15.8. The molecule has 6 N–H and O–H groups in total. The lowest BCUT2D eigenvalue weighted by molar-refractivity contribution is -0.120. The number of nitrogens with one attached hydrogen (secondary N) is 2. The number of nitrogens with zero attached hydrogens (tertiary/aromatic N) is 3. The highest BCUT2D eigenvalue weighted by Crippen LogP contribution is 2.23. The number of benzene rings is 1. The molecule has 10 heteroatoms. The summed E-state index contributed by atoms with van der Waals surface area (Å²) in [7, 11) is 0. The van der Waals surface area contributed by atoms with Gasteiger partial charge in [-0.25, -0.2) is 18.8 Å². The molecule has 28 heavy (non-hydrogen) atoms. The van der Waals surface area contributed by atoms with Gasteiger partial charge in [0.15, 0.2) is 5.84 Å². The standard InChI is InChI=1S/C18H23F2N7O/c1-9(2)23-11(4)24-17-15(8-21)26-18(27(17)10(3)16(22)28)25-14-6-5-12(19)7-13(14)20/h5-10,23H,4,21H2,1-3H3,(H2,22,28)(H,25,26)/b15-8+,24-17+/t10-/m1/s1. The lowest BCUT2D eigenvalue weighted by Crippen LogP contribution is -2.49. The molecule has 1 heterocycles. The summed E-state index contributed by atoms with van der Waals surface area (Å²) in [5.41, 5.74) is 11.3. The van der Waals surface area contributed by atoms with Gasteiger partial charge < -0.3 is 22.1 Å². The van der Waals surface area contributed by atoms with E-state index in [2.05, 4.69) is 27.2 Å². The molecule has 150 valence electrons. The van der Waals surface area contributed by atoms with E-state index in [4.69, 9.17) is 11.5 Å². The van der Waals surface area contributed by atoms with Crippen molar-refractivity contribution in [1.82, 2.24) is 10.2 Å². The molecule has 0 fully saturated rings. The van der Waals surface area contributed by atoms with Crippen molar-refractivity contribution in [3.63, 3.8) is 0 Å². The predicted octanol–water partition coefficient (Wildman–Crippen LogP) is 1.59. The summed E-state index contributed by atoms with van der Waals surface area (Å²) >= 11 is 0. The third-order valence-corrected chi connectivity index (χ3v) is 3.74. The molecule has 8 nitrogen and oxygen atoms in total. The number of guanidine groups is 1. The molecule has 0 saturated heterocycles. The number of hydrogen-bond acceptors (Lipinski definition) is 6. The first-order chi connectivity index (χ1) is 13.1. The molecule has 1 aliphatic rings. The van der Waals surface area contributed by atoms with Crippen LogP contribution in [0.2, 0.25) is 0 Å². The average Bonchev–Trinajstić information content (AvgIpc) is 2.92. The molecule has 0 aromatic heterocycles. The molecule has 1 aromatic carbocycles. The van der Waals surface area contributed by atoms with E-state index < -0.39 is 23.6 Å². The van der Waals surface area contributed by atoms with E-state index >= 15 is 0 Å². The summed E-state index contributed by atoms with van der Waals surface area (Å²) in [6, 6.07) is 2.20. The van der Waals surface area contributed by atoms with E-state index in [0.717, 1.165) is 12.1 Å². The van der Waals surface area contributed by atoms with E-state index in [9.17, 15) is 13.6 Å². The summed E-state index contributed by atoms with van der Waals surface area (Å²) in [6.07, 6.45) is 1.19. The SMILES string of the molecule is C=C(/N=C1\C(=C/N)N=C(Nc2ccc(F)cc2F)N1[C@H](C)C(N)=O)NC(C)C. The van der Waals surface area contributed by atoms with Crippen molar-refractivity contribution in [1.29, 1.82) is 0 Å². The van der Waals surface area contributed by atoms with Gasteiger partial charge in [-0.3, -0.25) is 9.69 Å². The van der Waals surface area contributed by atoms with Crippen LogP contribution in [0.25, 0.3) is 0 Å². The fraction of sp³-hybridized carbons (Fsp3) is 0.278. The van der Waals surface area contributed by atoms with Gasteiger partial charge in [0.2, 0.25) is 11.9 Å². The Morgan fingerprint density at radius 3 is 2.57 bits per heavy atom. The molecule has 1 aromatic rings. The van der Waals surface area contributed by atoms with E-state index in [0.29, 0.717) is 5.82 Å². The molecule has 1 amide bonds. The van der Waals surface area contributed by atoms with Crippen LogP contribution in [0.5, 0.6) is 0 Å². The van der Waals surface area contributed by atoms with Gasteiger partial charge in [0, 0.05) is 18.3 Å². The van der Waals surface area contributed by atoms with Crippen molar-refractivity contribution in [3.8, 4) is 0 Å². The number of carbonyl (C=O) groups excluding carboxylic acids is 1. The summed E-state index contributed by atoms with van der Waals surface area (Å²) in [5.74, 6) is -1.64. The number of amides is 1. The number of amidine groups is 1. The Morgan fingerprint density at radius 2 is 2.04 bits per heavy atom. The number of carbonyl (C=O) groups is 1. The quantitative estimate of drug-likeness (QED) is 0.587. The first kappa shape index (κ1) is 20.9. The molecule has 0 aliphatic carbocycles. The minimum atomic E-state index is -0.891. The number of primary amides is 1. The summed E-state index contributed by atoms with van der Waals surface area (Å²) in [6.45, 7) is 9.17. The highest BCUT2D eigenvalue weighted by atomic mass is 19.1. The van der Waals surface area contributed by atoms with Gasteiger partial charge >= 0.3 is 0 Å².